The molecule has 19 heavy (non-hydrogen) atoms. The summed E-state index contributed by atoms with van der Waals surface area (Å²) < 4.78 is 0. The first-order valence-corrected chi connectivity index (χ1v) is 7.26. The number of hydrogen-bond acceptors (Lipinski definition) is 2. The van der Waals surface area contributed by atoms with Gasteiger partial charge < -0.3 is 5.32 Å². The van der Waals surface area contributed by atoms with Gasteiger partial charge in [-0.1, -0.05) is 42.5 Å². The van der Waals surface area contributed by atoms with Crippen LogP contribution in [-0.2, 0) is 6.54 Å². The van der Waals surface area contributed by atoms with Gasteiger partial charge in [0.25, 0.3) is 0 Å². The topological polar surface area (TPSA) is 15.3 Å². The van der Waals surface area contributed by atoms with Gasteiger partial charge in [0, 0.05) is 25.7 Å². The third kappa shape index (κ3) is 2.80. The van der Waals surface area contributed by atoms with Crippen molar-refractivity contribution in [2.75, 3.05) is 19.6 Å². The smallest absolute Gasteiger partial charge is 0.0243 e. The Hall–Kier alpha value is -1.38. The van der Waals surface area contributed by atoms with E-state index >= 15 is 0 Å². The summed E-state index contributed by atoms with van der Waals surface area (Å²) in [5, 5.41) is 6.23. The molecule has 1 atom stereocenters. The first-order valence-electron chi connectivity index (χ1n) is 7.26. The highest BCUT2D eigenvalue weighted by molar-refractivity contribution is 5.85. The molecule has 2 heteroatoms. The summed E-state index contributed by atoms with van der Waals surface area (Å²) in [6, 6.07) is 16.0. The van der Waals surface area contributed by atoms with Gasteiger partial charge in [0.15, 0.2) is 0 Å². The molecule has 1 unspecified atom stereocenters. The van der Waals surface area contributed by atoms with Crippen LogP contribution in [0.4, 0.5) is 0 Å². The van der Waals surface area contributed by atoms with Gasteiger partial charge in [-0.05, 0) is 36.2 Å². The molecule has 0 bridgehead atoms. The summed E-state index contributed by atoms with van der Waals surface area (Å²) in [6.07, 6.45) is 1.24. The summed E-state index contributed by atoms with van der Waals surface area (Å²) in [5.41, 5.74) is 1.45. The molecule has 2 nitrogen and oxygen atoms in total. The molecule has 1 aliphatic rings. The minimum Gasteiger partial charge on any atom is -0.315 e. The van der Waals surface area contributed by atoms with Crippen molar-refractivity contribution in [2.24, 2.45) is 0 Å². The highest BCUT2D eigenvalue weighted by Crippen LogP contribution is 2.21. The highest BCUT2D eigenvalue weighted by atomic mass is 15.2. The van der Waals surface area contributed by atoms with E-state index in [1.807, 2.05) is 0 Å². The summed E-state index contributed by atoms with van der Waals surface area (Å²) in [4.78, 5) is 2.60. The molecule has 0 spiro atoms. The van der Waals surface area contributed by atoms with E-state index < -0.39 is 0 Å². The van der Waals surface area contributed by atoms with E-state index in [9.17, 15) is 0 Å². The molecule has 2 aromatic carbocycles. The van der Waals surface area contributed by atoms with Crippen molar-refractivity contribution in [3.05, 3.63) is 48.0 Å². The van der Waals surface area contributed by atoms with Crippen LogP contribution in [0.25, 0.3) is 10.8 Å². The van der Waals surface area contributed by atoms with Gasteiger partial charge in [0.2, 0.25) is 0 Å². The predicted molar refractivity (Wildman–Crippen MR) is 81.3 cm³/mol. The number of nitrogens with zero attached hydrogens (tertiary/aromatic N) is 1. The lowest BCUT2D eigenvalue weighted by molar-refractivity contribution is 0.212. The molecule has 0 aliphatic carbocycles. The van der Waals surface area contributed by atoms with Crippen molar-refractivity contribution in [3.8, 4) is 0 Å². The second kappa shape index (κ2) is 5.72. The van der Waals surface area contributed by atoms with E-state index in [0.717, 1.165) is 26.2 Å². The van der Waals surface area contributed by atoms with Gasteiger partial charge in [-0.25, -0.2) is 0 Å². The number of rotatable bonds is 2. The van der Waals surface area contributed by atoms with Gasteiger partial charge in [-0.15, -0.1) is 0 Å². The molecule has 1 N–H and O–H groups in total. The standard InChI is InChI=1S/C17H22N2/c1-14-9-10-18-11-12-19(14)13-16-7-4-6-15-5-2-3-8-17(15)16/h2-8,14,18H,9-13H2,1H3. The molecule has 0 saturated carbocycles. The molecule has 2 aromatic rings. The van der Waals surface area contributed by atoms with E-state index in [-0.39, 0.29) is 0 Å². The third-order valence-electron chi connectivity index (χ3n) is 4.19. The van der Waals surface area contributed by atoms with E-state index in [0.29, 0.717) is 6.04 Å². The molecule has 0 aromatic heterocycles. The predicted octanol–water partition coefficient (Wildman–Crippen LogP) is 3.02. The lowest BCUT2D eigenvalue weighted by Gasteiger charge is -2.27. The Morgan fingerprint density at radius 1 is 1.11 bits per heavy atom. The van der Waals surface area contributed by atoms with Crippen molar-refractivity contribution in [2.45, 2.75) is 25.9 Å². The fourth-order valence-corrected chi connectivity index (χ4v) is 2.95. The maximum Gasteiger partial charge on any atom is 0.0243 e. The average Bonchev–Trinajstić information content (AvgIpc) is 2.65. The Labute approximate surface area is 115 Å². The second-order valence-corrected chi connectivity index (χ2v) is 5.50. The molecule has 1 fully saturated rings. The number of fused-ring (bicyclic) bond motifs is 1. The SMILES string of the molecule is CC1CCNCCN1Cc1cccc2ccccc12. The van der Waals surface area contributed by atoms with E-state index in [1.54, 1.807) is 0 Å². The summed E-state index contributed by atoms with van der Waals surface area (Å²) in [7, 11) is 0. The molecule has 0 amide bonds. The second-order valence-electron chi connectivity index (χ2n) is 5.50. The molecule has 100 valence electrons. The maximum atomic E-state index is 3.49. The van der Waals surface area contributed by atoms with E-state index in [1.165, 1.54) is 22.8 Å². The zero-order chi connectivity index (χ0) is 13.1. The molecular weight excluding hydrogens is 232 g/mol. The van der Waals surface area contributed by atoms with E-state index in [2.05, 4.69) is 59.6 Å². The summed E-state index contributed by atoms with van der Waals surface area (Å²) >= 11 is 0. The Morgan fingerprint density at radius 2 is 1.95 bits per heavy atom. The van der Waals surface area contributed by atoms with Crippen molar-refractivity contribution < 1.29 is 0 Å². The van der Waals surface area contributed by atoms with Crippen LogP contribution in [0.1, 0.15) is 18.9 Å². The van der Waals surface area contributed by atoms with Crippen molar-refractivity contribution >= 4 is 10.8 Å². The first kappa shape index (κ1) is 12.6. The molecule has 3 rings (SSSR count). The summed E-state index contributed by atoms with van der Waals surface area (Å²) in [6.45, 7) is 6.80. The van der Waals surface area contributed by atoms with Crippen LogP contribution in [0.15, 0.2) is 42.5 Å². The first-order chi connectivity index (χ1) is 9.34. The van der Waals surface area contributed by atoms with Gasteiger partial charge >= 0.3 is 0 Å². The molecule has 0 radical (unpaired) electrons. The third-order valence-corrected chi connectivity index (χ3v) is 4.19. The lowest BCUT2D eigenvalue weighted by atomic mass is 10.0. The van der Waals surface area contributed by atoms with Gasteiger partial charge in [0.1, 0.15) is 0 Å². The van der Waals surface area contributed by atoms with E-state index in [4.69, 9.17) is 0 Å². The van der Waals surface area contributed by atoms with Crippen LogP contribution in [0.5, 0.6) is 0 Å². The van der Waals surface area contributed by atoms with Crippen LogP contribution in [0, 0.1) is 0 Å². The minimum absolute atomic E-state index is 0.661. The van der Waals surface area contributed by atoms with Gasteiger partial charge in [-0.3, -0.25) is 4.90 Å². The van der Waals surface area contributed by atoms with Crippen LogP contribution in [0.2, 0.25) is 0 Å². The monoisotopic (exact) mass is 254 g/mol. The number of nitrogens with one attached hydrogen (secondary N) is 1. The maximum absolute atomic E-state index is 3.49. The molecular formula is C17H22N2. The van der Waals surface area contributed by atoms with Crippen LogP contribution < -0.4 is 5.32 Å². The molecule has 1 saturated heterocycles. The normalized spacial score (nSPS) is 21.4. The van der Waals surface area contributed by atoms with Crippen molar-refractivity contribution in [1.29, 1.82) is 0 Å². The zero-order valence-electron chi connectivity index (χ0n) is 11.6. The van der Waals surface area contributed by atoms with Gasteiger partial charge in [-0.2, -0.15) is 0 Å². The Kier molecular flexibility index (Phi) is 3.81. The fourth-order valence-electron chi connectivity index (χ4n) is 2.95. The zero-order valence-corrected chi connectivity index (χ0v) is 11.6. The highest BCUT2D eigenvalue weighted by Gasteiger charge is 2.17. The van der Waals surface area contributed by atoms with Crippen LogP contribution in [-0.4, -0.2) is 30.6 Å². The van der Waals surface area contributed by atoms with Gasteiger partial charge in [0.05, 0.1) is 0 Å². The quantitative estimate of drug-likeness (QED) is 0.886. The Bertz CT molecular complexity index is 544. The average molecular weight is 254 g/mol. The van der Waals surface area contributed by atoms with Crippen molar-refractivity contribution in [3.63, 3.8) is 0 Å². The van der Waals surface area contributed by atoms with Crippen molar-refractivity contribution in [1.82, 2.24) is 10.2 Å². The fraction of sp³-hybridized carbons (Fsp3) is 0.412. The molecule has 1 aliphatic heterocycles. The summed E-state index contributed by atoms with van der Waals surface area (Å²) in [5.74, 6) is 0. The number of hydrogen-bond donors (Lipinski definition) is 1. The van der Waals surface area contributed by atoms with Crippen LogP contribution in [0.3, 0.4) is 0 Å². The lowest BCUT2D eigenvalue weighted by Crippen LogP contribution is -2.33. The Balaban J connectivity index is 1.88. The number of benzene rings is 2. The largest absolute Gasteiger partial charge is 0.315 e. The van der Waals surface area contributed by atoms with Crippen LogP contribution >= 0.6 is 0 Å². The Morgan fingerprint density at radius 3 is 2.89 bits per heavy atom. The minimum atomic E-state index is 0.661. The molecule has 1 heterocycles.